The molecule has 0 amide bonds. The van der Waals surface area contributed by atoms with Crippen LogP contribution in [0.3, 0.4) is 0 Å². The molecule has 1 saturated carbocycles. The van der Waals surface area contributed by atoms with E-state index in [-0.39, 0.29) is 11.9 Å². The van der Waals surface area contributed by atoms with Crippen LogP contribution in [-0.2, 0) is 19.1 Å². The van der Waals surface area contributed by atoms with Gasteiger partial charge in [-0.15, -0.1) is 0 Å². The summed E-state index contributed by atoms with van der Waals surface area (Å²) in [4.78, 5) is 25.3. The van der Waals surface area contributed by atoms with Crippen molar-refractivity contribution in [3.05, 3.63) is 0 Å². The van der Waals surface area contributed by atoms with Gasteiger partial charge in [-0.3, -0.25) is 9.59 Å². The minimum Gasteiger partial charge on any atom is -0.422 e. The van der Waals surface area contributed by atoms with Gasteiger partial charge >= 0.3 is 11.9 Å². The van der Waals surface area contributed by atoms with Crippen molar-refractivity contribution in [3.8, 4) is 0 Å². The molecule has 0 spiro atoms. The molecule has 0 aromatic carbocycles. The van der Waals surface area contributed by atoms with Gasteiger partial charge in [0.15, 0.2) is 0 Å². The van der Waals surface area contributed by atoms with Crippen LogP contribution in [0.2, 0.25) is 0 Å². The average Bonchev–Trinajstić information content (AvgIpc) is 2.47. The summed E-state index contributed by atoms with van der Waals surface area (Å²) >= 11 is 0. The first-order valence-corrected chi connectivity index (χ1v) is 9.55. The van der Waals surface area contributed by atoms with Gasteiger partial charge in [0.05, 0.1) is 10.8 Å². The summed E-state index contributed by atoms with van der Waals surface area (Å²) in [7, 11) is 0. The van der Waals surface area contributed by atoms with Gasteiger partial charge in [-0.2, -0.15) is 0 Å². The molecule has 0 bridgehead atoms. The van der Waals surface area contributed by atoms with Crippen molar-refractivity contribution in [3.63, 3.8) is 0 Å². The van der Waals surface area contributed by atoms with Gasteiger partial charge in [-0.25, -0.2) is 0 Å². The summed E-state index contributed by atoms with van der Waals surface area (Å²) in [6.45, 7) is 11.7. The highest BCUT2D eigenvalue weighted by Crippen LogP contribution is 2.38. The number of ether oxygens (including phenoxy) is 2. The lowest BCUT2D eigenvalue weighted by Crippen LogP contribution is -2.47. The third kappa shape index (κ3) is 5.49. The van der Waals surface area contributed by atoms with Gasteiger partial charge < -0.3 is 9.47 Å². The summed E-state index contributed by atoms with van der Waals surface area (Å²) in [6.07, 6.45) is 7.49. The molecule has 1 aliphatic carbocycles. The summed E-state index contributed by atoms with van der Waals surface area (Å²) in [5.74, 6) is -1.58. The summed E-state index contributed by atoms with van der Waals surface area (Å²) in [5, 5.41) is 0. The third-order valence-electron chi connectivity index (χ3n) is 5.03. The van der Waals surface area contributed by atoms with E-state index >= 15 is 0 Å². The molecule has 0 atom stereocenters. The second kappa shape index (κ2) is 8.35. The fourth-order valence-corrected chi connectivity index (χ4v) is 3.38. The minimum absolute atomic E-state index is 0.257. The molecule has 1 fully saturated rings. The number of carbonyl (C=O) groups excluding carboxylic acids is 2. The van der Waals surface area contributed by atoms with Gasteiger partial charge in [0.25, 0.3) is 5.79 Å². The molecule has 140 valence electrons. The Hall–Kier alpha value is -1.06. The van der Waals surface area contributed by atoms with Gasteiger partial charge in [-0.1, -0.05) is 33.1 Å². The summed E-state index contributed by atoms with van der Waals surface area (Å²) in [5.41, 5.74) is -1.10. The van der Waals surface area contributed by atoms with E-state index < -0.39 is 16.6 Å². The van der Waals surface area contributed by atoms with Crippen molar-refractivity contribution in [2.45, 2.75) is 105 Å². The van der Waals surface area contributed by atoms with Crippen LogP contribution in [0.25, 0.3) is 0 Å². The zero-order valence-corrected chi connectivity index (χ0v) is 16.5. The van der Waals surface area contributed by atoms with Gasteiger partial charge in [-0.05, 0) is 53.4 Å². The molecule has 0 aromatic heterocycles. The molecule has 0 radical (unpaired) electrons. The number of carbonyl (C=O) groups is 2. The van der Waals surface area contributed by atoms with E-state index in [1.165, 1.54) is 0 Å². The van der Waals surface area contributed by atoms with Crippen LogP contribution in [0.15, 0.2) is 0 Å². The van der Waals surface area contributed by atoms with Crippen molar-refractivity contribution in [1.82, 2.24) is 0 Å². The van der Waals surface area contributed by atoms with Crippen LogP contribution < -0.4 is 0 Å². The molecule has 1 rings (SSSR count). The lowest BCUT2D eigenvalue weighted by Gasteiger charge is -2.39. The average molecular weight is 341 g/mol. The van der Waals surface area contributed by atoms with Crippen molar-refractivity contribution < 1.29 is 19.1 Å². The standard InChI is InChI=1S/C20H36O4/c1-7-12-18(3,4)16(21)23-20(14-10-9-11-15-20)24-17(22)19(5,6)13-8-2/h7-15H2,1-6H3. The Bertz CT molecular complexity index is 397. The van der Waals surface area contributed by atoms with Crippen molar-refractivity contribution >= 4 is 11.9 Å². The highest BCUT2D eigenvalue weighted by atomic mass is 16.7. The zero-order chi connectivity index (χ0) is 18.4. The largest absolute Gasteiger partial charge is 0.422 e. The lowest BCUT2D eigenvalue weighted by atomic mass is 9.86. The van der Waals surface area contributed by atoms with E-state index in [2.05, 4.69) is 13.8 Å². The Morgan fingerprint density at radius 2 is 1.17 bits per heavy atom. The quantitative estimate of drug-likeness (QED) is 0.439. The normalized spacial score (nSPS) is 18.1. The first kappa shape index (κ1) is 21.0. The van der Waals surface area contributed by atoms with E-state index in [0.717, 1.165) is 44.9 Å². The predicted octanol–water partition coefficient (Wildman–Crippen LogP) is 5.39. The van der Waals surface area contributed by atoms with Crippen molar-refractivity contribution in [1.29, 1.82) is 0 Å². The van der Waals surface area contributed by atoms with Crippen molar-refractivity contribution in [2.24, 2.45) is 10.8 Å². The monoisotopic (exact) mass is 340 g/mol. The number of rotatable bonds is 8. The Kier molecular flexibility index (Phi) is 7.30. The number of esters is 2. The molecule has 0 unspecified atom stereocenters. The molecule has 24 heavy (non-hydrogen) atoms. The van der Waals surface area contributed by atoms with E-state index in [1.54, 1.807) is 0 Å². The maximum atomic E-state index is 12.7. The number of hydrogen-bond donors (Lipinski definition) is 0. The van der Waals surface area contributed by atoms with Crippen LogP contribution >= 0.6 is 0 Å². The molecule has 0 N–H and O–H groups in total. The van der Waals surface area contributed by atoms with Crippen LogP contribution in [0.4, 0.5) is 0 Å². The molecule has 0 heterocycles. The molecular formula is C20H36O4. The van der Waals surface area contributed by atoms with Crippen LogP contribution in [-0.4, -0.2) is 17.7 Å². The third-order valence-corrected chi connectivity index (χ3v) is 5.03. The van der Waals surface area contributed by atoms with E-state index in [0.29, 0.717) is 12.8 Å². The fourth-order valence-electron chi connectivity index (χ4n) is 3.38. The smallest absolute Gasteiger partial charge is 0.314 e. The molecule has 4 heteroatoms. The lowest BCUT2D eigenvalue weighted by molar-refractivity contribution is -0.249. The molecule has 0 saturated heterocycles. The summed E-state index contributed by atoms with van der Waals surface area (Å²) in [6, 6.07) is 0. The Labute approximate surface area is 147 Å². The topological polar surface area (TPSA) is 52.6 Å². The van der Waals surface area contributed by atoms with Gasteiger partial charge in [0.2, 0.25) is 0 Å². The van der Waals surface area contributed by atoms with Crippen molar-refractivity contribution in [2.75, 3.05) is 0 Å². The van der Waals surface area contributed by atoms with Crippen LogP contribution in [0, 0.1) is 10.8 Å². The molecule has 0 aliphatic heterocycles. The zero-order valence-electron chi connectivity index (χ0n) is 16.5. The second-order valence-corrected chi connectivity index (χ2v) is 8.52. The highest BCUT2D eigenvalue weighted by molar-refractivity contribution is 5.78. The maximum absolute atomic E-state index is 12.7. The first-order valence-electron chi connectivity index (χ1n) is 9.55. The molecular weight excluding hydrogens is 304 g/mol. The van der Waals surface area contributed by atoms with E-state index in [9.17, 15) is 9.59 Å². The Morgan fingerprint density at radius 3 is 1.50 bits per heavy atom. The van der Waals surface area contributed by atoms with Gasteiger partial charge in [0, 0.05) is 12.8 Å². The molecule has 0 aromatic rings. The van der Waals surface area contributed by atoms with Gasteiger partial charge in [0.1, 0.15) is 0 Å². The SMILES string of the molecule is CCCC(C)(C)C(=O)OC1(OC(=O)C(C)(C)CCC)CCCCC1. The summed E-state index contributed by atoms with van der Waals surface area (Å²) < 4.78 is 11.7. The minimum atomic E-state index is -1.07. The number of hydrogen-bond acceptors (Lipinski definition) is 4. The Balaban J connectivity index is 2.91. The Morgan fingerprint density at radius 1 is 0.792 bits per heavy atom. The maximum Gasteiger partial charge on any atom is 0.314 e. The fraction of sp³-hybridized carbons (Fsp3) is 0.900. The van der Waals surface area contributed by atoms with Crippen LogP contribution in [0.5, 0.6) is 0 Å². The second-order valence-electron chi connectivity index (χ2n) is 8.52. The highest BCUT2D eigenvalue weighted by Gasteiger charge is 2.45. The predicted molar refractivity (Wildman–Crippen MR) is 95.4 cm³/mol. The van der Waals surface area contributed by atoms with E-state index in [4.69, 9.17) is 9.47 Å². The molecule has 4 nitrogen and oxygen atoms in total. The first-order chi connectivity index (χ1) is 11.1. The van der Waals surface area contributed by atoms with Crippen LogP contribution in [0.1, 0.15) is 99.3 Å². The molecule has 1 aliphatic rings. The van der Waals surface area contributed by atoms with E-state index in [1.807, 2.05) is 27.7 Å².